The van der Waals surface area contributed by atoms with Gasteiger partial charge in [0.2, 0.25) is 10.0 Å². The predicted molar refractivity (Wildman–Crippen MR) is 81.9 cm³/mol. The molecule has 3 rings (SSSR count). The minimum Gasteiger partial charge on any atom is -0.313 e. The quantitative estimate of drug-likeness (QED) is 0.848. The molecule has 0 unspecified atom stereocenters. The molecule has 0 saturated carbocycles. The molecule has 0 bridgehead atoms. The van der Waals surface area contributed by atoms with Gasteiger partial charge in [-0.2, -0.15) is 0 Å². The number of aromatic nitrogens is 3. The largest absolute Gasteiger partial charge is 0.313 e. The van der Waals surface area contributed by atoms with Gasteiger partial charge in [-0.15, -0.1) is 5.10 Å². The second-order valence-electron chi connectivity index (χ2n) is 5.71. The lowest BCUT2D eigenvalue weighted by Gasteiger charge is -2.21. The molecule has 1 fully saturated rings. The topological polar surface area (TPSA) is 88.9 Å². The normalized spacial score (nSPS) is 21.7. The molecule has 2 atom stereocenters. The molecular formula is C14H18FN5O2S. The number of rotatable bonds is 4. The fourth-order valence-corrected chi connectivity index (χ4v) is 4.76. The van der Waals surface area contributed by atoms with Crippen LogP contribution < -0.4 is 10.0 Å². The van der Waals surface area contributed by atoms with Crippen molar-refractivity contribution in [3.05, 3.63) is 41.5 Å². The lowest BCUT2D eigenvalue weighted by atomic mass is 10.1. The Labute approximate surface area is 133 Å². The summed E-state index contributed by atoms with van der Waals surface area (Å²) >= 11 is 0. The molecule has 1 aliphatic heterocycles. The number of halogens is 1. The van der Waals surface area contributed by atoms with Crippen molar-refractivity contribution >= 4 is 10.0 Å². The fraction of sp³-hybridized carbons (Fsp3) is 0.429. The van der Waals surface area contributed by atoms with Gasteiger partial charge in [0.1, 0.15) is 5.82 Å². The van der Waals surface area contributed by atoms with E-state index in [0.717, 1.165) is 0 Å². The zero-order chi connectivity index (χ0) is 16.6. The summed E-state index contributed by atoms with van der Waals surface area (Å²) < 4.78 is 43.3. The zero-order valence-corrected chi connectivity index (χ0v) is 13.6. The van der Waals surface area contributed by atoms with E-state index in [0.29, 0.717) is 24.2 Å². The number of nitrogens with one attached hydrogen (secondary N) is 2. The lowest BCUT2D eigenvalue weighted by Crippen LogP contribution is -2.41. The van der Waals surface area contributed by atoms with Crippen molar-refractivity contribution in [2.24, 2.45) is 0 Å². The third kappa shape index (κ3) is 3.12. The van der Waals surface area contributed by atoms with Gasteiger partial charge in [-0.05, 0) is 37.1 Å². The van der Waals surface area contributed by atoms with Crippen LogP contribution in [-0.2, 0) is 10.0 Å². The highest BCUT2D eigenvalue weighted by atomic mass is 32.2. The molecule has 0 amide bonds. The second kappa shape index (κ2) is 5.99. The molecule has 1 aromatic carbocycles. The summed E-state index contributed by atoms with van der Waals surface area (Å²) in [7, 11) is -3.76. The Morgan fingerprint density at radius 1 is 1.30 bits per heavy atom. The van der Waals surface area contributed by atoms with E-state index in [1.807, 2.05) is 0 Å². The molecule has 7 nitrogen and oxygen atoms in total. The molecule has 0 spiro atoms. The van der Waals surface area contributed by atoms with Gasteiger partial charge in [0.25, 0.3) is 0 Å². The van der Waals surface area contributed by atoms with E-state index in [1.54, 1.807) is 30.9 Å². The van der Waals surface area contributed by atoms with Gasteiger partial charge in [0.05, 0.1) is 23.2 Å². The summed E-state index contributed by atoms with van der Waals surface area (Å²) in [4.78, 5) is 0.128. The van der Waals surface area contributed by atoms with Crippen molar-refractivity contribution < 1.29 is 12.8 Å². The summed E-state index contributed by atoms with van der Waals surface area (Å²) in [6.45, 7) is 4.26. The smallest absolute Gasteiger partial charge is 0.241 e. The van der Waals surface area contributed by atoms with Crippen molar-refractivity contribution in [2.45, 2.75) is 30.8 Å². The van der Waals surface area contributed by atoms with Gasteiger partial charge >= 0.3 is 0 Å². The molecule has 0 radical (unpaired) electrons. The van der Waals surface area contributed by atoms with Crippen molar-refractivity contribution in [1.82, 2.24) is 25.0 Å². The van der Waals surface area contributed by atoms with Crippen LogP contribution in [0.1, 0.15) is 17.2 Å². The van der Waals surface area contributed by atoms with Crippen LogP contribution in [0.3, 0.4) is 0 Å². The van der Waals surface area contributed by atoms with Crippen LogP contribution in [0.5, 0.6) is 0 Å². The van der Waals surface area contributed by atoms with Crippen molar-refractivity contribution in [2.75, 3.05) is 13.1 Å². The first-order valence-corrected chi connectivity index (χ1v) is 8.72. The summed E-state index contributed by atoms with van der Waals surface area (Å²) in [5.74, 6) is -0.443. The Morgan fingerprint density at radius 3 is 2.61 bits per heavy atom. The summed E-state index contributed by atoms with van der Waals surface area (Å²) in [5.41, 5.74) is 0.775. The highest BCUT2D eigenvalue weighted by Gasteiger charge is 2.34. The third-order valence-corrected chi connectivity index (χ3v) is 5.76. The maximum Gasteiger partial charge on any atom is 0.241 e. The number of nitrogens with zero attached hydrogens (tertiary/aromatic N) is 3. The van der Waals surface area contributed by atoms with Crippen molar-refractivity contribution in [1.29, 1.82) is 0 Å². The standard InChI is InChI=1S/C14H18FN5O2S/c1-9-5-11(15)6-10(2)14(9)23(21,22)18-12-7-16-8-13(12)20-4-3-17-19-20/h3-6,12-13,16,18H,7-8H2,1-2H3/t12-,13+/m1/s1. The first-order chi connectivity index (χ1) is 10.9. The van der Waals surface area contributed by atoms with Crippen LogP contribution >= 0.6 is 0 Å². The molecule has 9 heteroatoms. The van der Waals surface area contributed by atoms with Gasteiger partial charge in [0, 0.05) is 19.3 Å². The minimum absolute atomic E-state index is 0.128. The van der Waals surface area contributed by atoms with E-state index < -0.39 is 15.8 Å². The van der Waals surface area contributed by atoms with E-state index >= 15 is 0 Å². The average molecular weight is 339 g/mol. The molecule has 23 heavy (non-hydrogen) atoms. The maximum absolute atomic E-state index is 13.4. The van der Waals surface area contributed by atoms with Crippen LogP contribution in [-0.4, -0.2) is 42.5 Å². The number of benzene rings is 1. The molecule has 1 aliphatic rings. The maximum atomic E-state index is 13.4. The number of hydrogen-bond acceptors (Lipinski definition) is 5. The monoisotopic (exact) mass is 339 g/mol. The Bertz CT molecular complexity index is 784. The SMILES string of the molecule is Cc1cc(F)cc(C)c1S(=O)(=O)N[C@@H]1CNC[C@@H]1n1ccnn1. The molecular weight excluding hydrogens is 321 g/mol. The lowest BCUT2D eigenvalue weighted by molar-refractivity contribution is 0.413. The van der Waals surface area contributed by atoms with E-state index in [9.17, 15) is 12.8 Å². The first-order valence-electron chi connectivity index (χ1n) is 7.24. The molecule has 124 valence electrons. The van der Waals surface area contributed by atoms with E-state index in [-0.39, 0.29) is 17.0 Å². The summed E-state index contributed by atoms with van der Waals surface area (Å²) in [6.07, 6.45) is 3.26. The molecule has 2 N–H and O–H groups in total. The van der Waals surface area contributed by atoms with Crippen LogP contribution in [0.4, 0.5) is 4.39 Å². The Hall–Kier alpha value is -1.84. The minimum atomic E-state index is -3.76. The van der Waals surface area contributed by atoms with E-state index in [2.05, 4.69) is 20.4 Å². The number of hydrogen-bond donors (Lipinski definition) is 2. The molecule has 1 aromatic heterocycles. The van der Waals surface area contributed by atoms with Gasteiger partial charge in [0.15, 0.2) is 0 Å². The van der Waals surface area contributed by atoms with Crippen LogP contribution in [0.15, 0.2) is 29.4 Å². The summed E-state index contributed by atoms with van der Waals surface area (Å²) in [6, 6.07) is 1.94. The van der Waals surface area contributed by atoms with Gasteiger partial charge in [-0.3, -0.25) is 0 Å². The van der Waals surface area contributed by atoms with Crippen LogP contribution in [0.25, 0.3) is 0 Å². The predicted octanol–water partition coefficient (Wildman–Crippen LogP) is 0.525. The highest BCUT2D eigenvalue weighted by molar-refractivity contribution is 7.89. The first kappa shape index (κ1) is 16.0. The second-order valence-corrected chi connectivity index (χ2v) is 7.36. The van der Waals surface area contributed by atoms with Gasteiger partial charge in [-0.25, -0.2) is 22.2 Å². The molecule has 2 aromatic rings. The van der Waals surface area contributed by atoms with Crippen LogP contribution in [0.2, 0.25) is 0 Å². The zero-order valence-electron chi connectivity index (χ0n) is 12.8. The highest BCUT2D eigenvalue weighted by Crippen LogP contribution is 2.23. The molecule has 0 aliphatic carbocycles. The van der Waals surface area contributed by atoms with Gasteiger partial charge in [-0.1, -0.05) is 5.21 Å². The van der Waals surface area contributed by atoms with E-state index in [4.69, 9.17) is 0 Å². The van der Waals surface area contributed by atoms with Crippen molar-refractivity contribution in [3.8, 4) is 0 Å². The summed E-state index contributed by atoms with van der Waals surface area (Å²) in [5, 5.41) is 10.8. The average Bonchev–Trinajstić information content (AvgIpc) is 3.06. The Balaban J connectivity index is 1.90. The fourth-order valence-electron chi connectivity index (χ4n) is 3.04. The van der Waals surface area contributed by atoms with Crippen LogP contribution in [0, 0.1) is 19.7 Å². The Kier molecular flexibility index (Phi) is 4.17. The Morgan fingerprint density at radius 2 is 2.00 bits per heavy atom. The number of sulfonamides is 1. The number of aryl methyl sites for hydroxylation is 2. The molecule has 1 saturated heterocycles. The van der Waals surface area contributed by atoms with Crippen molar-refractivity contribution in [3.63, 3.8) is 0 Å². The van der Waals surface area contributed by atoms with Gasteiger partial charge < -0.3 is 5.32 Å². The molecule has 2 heterocycles. The third-order valence-electron chi connectivity index (χ3n) is 3.96. The van der Waals surface area contributed by atoms with E-state index in [1.165, 1.54) is 12.1 Å².